The van der Waals surface area contributed by atoms with E-state index < -0.39 is 0 Å². The maximum Gasteiger partial charge on any atom is 0.225 e. The molecule has 6 nitrogen and oxygen atoms in total. The van der Waals surface area contributed by atoms with Crippen molar-refractivity contribution in [3.05, 3.63) is 48.5 Å². The van der Waals surface area contributed by atoms with Crippen molar-refractivity contribution in [2.45, 2.75) is 25.7 Å². The van der Waals surface area contributed by atoms with Gasteiger partial charge in [0, 0.05) is 5.56 Å². The summed E-state index contributed by atoms with van der Waals surface area (Å²) in [6.45, 7) is 1.38. The zero-order chi connectivity index (χ0) is 19.6. The average Bonchev–Trinajstić information content (AvgIpc) is 2.74. The Morgan fingerprint density at radius 3 is 2.46 bits per heavy atom. The van der Waals surface area contributed by atoms with Gasteiger partial charge in [-0.2, -0.15) is 10.2 Å². The van der Waals surface area contributed by atoms with Gasteiger partial charge in [0.05, 0.1) is 17.5 Å². The molecule has 3 rings (SSSR count). The van der Waals surface area contributed by atoms with Crippen LogP contribution in [-0.2, 0) is 0 Å². The lowest BCUT2D eigenvalue weighted by Crippen LogP contribution is -2.03. The van der Waals surface area contributed by atoms with Gasteiger partial charge >= 0.3 is 0 Å². The maximum absolute atomic E-state index is 8.61. The monoisotopic (exact) mass is 376 g/mol. The highest BCUT2D eigenvalue weighted by molar-refractivity contribution is 5.85. The van der Waals surface area contributed by atoms with Crippen LogP contribution < -0.4 is 15.2 Å². The van der Waals surface area contributed by atoms with Gasteiger partial charge in [0.25, 0.3) is 0 Å². The second-order valence-corrected chi connectivity index (χ2v) is 6.39. The van der Waals surface area contributed by atoms with Crippen molar-refractivity contribution >= 4 is 10.9 Å². The second-order valence-electron chi connectivity index (χ2n) is 6.39. The third kappa shape index (κ3) is 5.18. The van der Waals surface area contributed by atoms with Crippen LogP contribution in [0.15, 0.2) is 48.5 Å². The van der Waals surface area contributed by atoms with Crippen molar-refractivity contribution in [2.24, 2.45) is 5.73 Å². The van der Waals surface area contributed by atoms with Crippen molar-refractivity contribution in [1.29, 1.82) is 5.26 Å². The maximum atomic E-state index is 8.61. The van der Waals surface area contributed by atoms with Gasteiger partial charge in [0.2, 0.25) is 5.88 Å². The van der Waals surface area contributed by atoms with E-state index in [9.17, 15) is 0 Å². The molecule has 0 aliphatic rings. The third-order valence-electron chi connectivity index (χ3n) is 4.32. The number of nitrogens with zero attached hydrogens (tertiary/aromatic N) is 3. The number of nitriles is 1. The van der Waals surface area contributed by atoms with E-state index in [1.165, 1.54) is 0 Å². The molecule has 2 N–H and O–H groups in total. The van der Waals surface area contributed by atoms with Gasteiger partial charge in [-0.3, -0.25) is 0 Å². The molecule has 0 fully saturated rings. The first-order valence-corrected chi connectivity index (χ1v) is 9.51. The van der Waals surface area contributed by atoms with Crippen LogP contribution in [0.25, 0.3) is 22.3 Å². The Labute approximate surface area is 164 Å². The molecule has 144 valence electrons. The topological polar surface area (TPSA) is 94.0 Å². The number of nitrogens with two attached hydrogens (primary N) is 1. The fourth-order valence-electron chi connectivity index (χ4n) is 2.87. The van der Waals surface area contributed by atoms with Crippen molar-refractivity contribution in [2.75, 3.05) is 19.8 Å². The Morgan fingerprint density at radius 1 is 0.893 bits per heavy atom. The Balaban J connectivity index is 1.78. The van der Waals surface area contributed by atoms with Gasteiger partial charge in [-0.15, -0.1) is 0 Å². The molecule has 0 radical (unpaired) electrons. The molecule has 6 heteroatoms. The molecule has 0 saturated carbocycles. The molecule has 0 aliphatic carbocycles. The zero-order valence-electron chi connectivity index (χ0n) is 15.8. The van der Waals surface area contributed by atoms with Gasteiger partial charge in [-0.1, -0.05) is 25.0 Å². The Kier molecular flexibility index (Phi) is 7.16. The van der Waals surface area contributed by atoms with Crippen LogP contribution in [0.4, 0.5) is 0 Å². The first-order valence-electron chi connectivity index (χ1n) is 9.51. The molecule has 1 aromatic heterocycles. The largest absolute Gasteiger partial charge is 0.479 e. The van der Waals surface area contributed by atoms with Gasteiger partial charge < -0.3 is 15.2 Å². The van der Waals surface area contributed by atoms with Crippen LogP contribution in [0.5, 0.6) is 11.6 Å². The highest BCUT2D eigenvalue weighted by atomic mass is 16.5. The van der Waals surface area contributed by atoms with Gasteiger partial charge in [0.15, 0.2) is 12.4 Å². The van der Waals surface area contributed by atoms with E-state index in [2.05, 4.69) is 9.97 Å². The molecular formula is C22H24N4O2. The summed E-state index contributed by atoms with van der Waals surface area (Å²) in [7, 11) is 0. The third-order valence-corrected chi connectivity index (χ3v) is 4.32. The molecule has 28 heavy (non-hydrogen) atoms. The first-order chi connectivity index (χ1) is 13.8. The molecule has 0 bridgehead atoms. The van der Waals surface area contributed by atoms with Crippen LogP contribution >= 0.6 is 0 Å². The quantitative estimate of drug-likeness (QED) is 0.535. The van der Waals surface area contributed by atoms with Crippen LogP contribution in [0.3, 0.4) is 0 Å². The number of unbranched alkanes of at least 4 members (excludes halogenated alkanes) is 3. The summed E-state index contributed by atoms with van der Waals surface area (Å²) in [6.07, 6.45) is 4.24. The Morgan fingerprint density at radius 2 is 1.68 bits per heavy atom. The fourth-order valence-corrected chi connectivity index (χ4v) is 2.87. The predicted molar refractivity (Wildman–Crippen MR) is 109 cm³/mol. The molecule has 0 amide bonds. The van der Waals surface area contributed by atoms with Crippen molar-refractivity contribution < 1.29 is 9.47 Å². The lowest BCUT2D eigenvalue weighted by molar-refractivity contribution is 0.297. The minimum Gasteiger partial charge on any atom is -0.479 e. The smallest absolute Gasteiger partial charge is 0.225 e. The number of aromatic nitrogens is 2. The van der Waals surface area contributed by atoms with Crippen molar-refractivity contribution in [3.8, 4) is 29.1 Å². The Hall–Kier alpha value is -3.17. The normalized spacial score (nSPS) is 10.6. The number of para-hydroxylation sites is 1. The molecule has 0 atom stereocenters. The van der Waals surface area contributed by atoms with Crippen LogP contribution in [0.1, 0.15) is 25.7 Å². The van der Waals surface area contributed by atoms with Crippen LogP contribution in [0.2, 0.25) is 0 Å². The zero-order valence-corrected chi connectivity index (χ0v) is 15.8. The van der Waals surface area contributed by atoms with E-state index in [0.29, 0.717) is 24.1 Å². The van der Waals surface area contributed by atoms with Crippen molar-refractivity contribution in [3.63, 3.8) is 0 Å². The summed E-state index contributed by atoms with van der Waals surface area (Å²) in [5.74, 6) is 1.84. The molecule has 1 heterocycles. The molecule has 0 aliphatic heterocycles. The van der Waals surface area contributed by atoms with Crippen LogP contribution in [0, 0.1) is 11.3 Å². The Bertz CT molecular complexity index is 935. The van der Waals surface area contributed by atoms with E-state index in [0.717, 1.165) is 48.7 Å². The van der Waals surface area contributed by atoms with Crippen molar-refractivity contribution in [1.82, 2.24) is 9.97 Å². The van der Waals surface area contributed by atoms with Gasteiger partial charge in [-0.05, 0) is 55.8 Å². The molecule has 0 spiro atoms. The molecular weight excluding hydrogens is 352 g/mol. The number of benzene rings is 2. The number of hydrogen-bond acceptors (Lipinski definition) is 6. The standard InChI is InChI=1S/C22H24N4O2/c23-13-5-1-2-6-15-28-22-19-7-3-4-8-20(19)25-21(26-22)17-9-11-18(12-10-17)27-16-14-24/h3-4,7-12H,1-2,5-6,13,15-16,23H2. The summed E-state index contributed by atoms with van der Waals surface area (Å²) in [5.41, 5.74) is 7.24. The number of ether oxygens (including phenoxy) is 2. The SMILES string of the molecule is N#CCOc1ccc(-c2nc(OCCCCCCN)c3ccccc3n2)cc1. The lowest BCUT2D eigenvalue weighted by atomic mass is 10.2. The molecule has 0 unspecified atom stereocenters. The first kappa shape index (κ1) is 19.6. The highest BCUT2D eigenvalue weighted by Crippen LogP contribution is 2.27. The average molecular weight is 376 g/mol. The summed E-state index contributed by atoms with van der Waals surface area (Å²) in [4.78, 5) is 9.32. The summed E-state index contributed by atoms with van der Waals surface area (Å²) < 4.78 is 11.3. The summed E-state index contributed by atoms with van der Waals surface area (Å²) >= 11 is 0. The predicted octanol–water partition coefficient (Wildman–Crippen LogP) is 4.10. The summed E-state index contributed by atoms with van der Waals surface area (Å²) in [6, 6.07) is 17.2. The number of hydrogen-bond donors (Lipinski definition) is 1. The second kappa shape index (κ2) is 10.2. The molecule has 3 aromatic rings. The number of fused-ring (bicyclic) bond motifs is 1. The van der Waals surface area contributed by atoms with Gasteiger partial charge in [0.1, 0.15) is 11.8 Å². The minimum atomic E-state index is 0.0229. The summed E-state index contributed by atoms with van der Waals surface area (Å²) in [5, 5.41) is 9.51. The van der Waals surface area contributed by atoms with Gasteiger partial charge in [-0.25, -0.2) is 4.98 Å². The number of rotatable bonds is 10. The molecule has 2 aromatic carbocycles. The molecule has 0 saturated heterocycles. The van der Waals surface area contributed by atoms with Crippen LogP contribution in [-0.4, -0.2) is 29.7 Å². The van der Waals surface area contributed by atoms with E-state index in [1.54, 1.807) is 0 Å². The minimum absolute atomic E-state index is 0.0229. The lowest BCUT2D eigenvalue weighted by Gasteiger charge is -2.11. The van der Waals surface area contributed by atoms with E-state index in [4.69, 9.17) is 20.5 Å². The van der Waals surface area contributed by atoms with E-state index >= 15 is 0 Å². The van der Waals surface area contributed by atoms with E-state index in [1.807, 2.05) is 54.6 Å². The van der Waals surface area contributed by atoms with E-state index in [-0.39, 0.29) is 6.61 Å². The highest BCUT2D eigenvalue weighted by Gasteiger charge is 2.10. The fraction of sp³-hybridized carbons (Fsp3) is 0.318.